The molecule has 4 nitrogen and oxygen atoms in total. The van der Waals surface area contributed by atoms with E-state index in [9.17, 15) is 0 Å². The summed E-state index contributed by atoms with van der Waals surface area (Å²) in [6.45, 7) is 0. The molecule has 104 valence electrons. The van der Waals surface area contributed by atoms with Gasteiger partial charge in [0.05, 0.1) is 0 Å². The molecule has 2 aromatic rings. The molecule has 3 rings (SSSR count). The van der Waals surface area contributed by atoms with E-state index in [1.807, 2.05) is 6.07 Å². The zero-order valence-electron chi connectivity index (χ0n) is 10.6. The average molecular weight is 300 g/mol. The van der Waals surface area contributed by atoms with E-state index in [4.69, 9.17) is 10.3 Å². The number of nitrogens with zero attached hydrogens (tertiary/aromatic N) is 2. The molecule has 2 aromatic heterocycles. The molecule has 0 aromatic carbocycles. The van der Waals surface area contributed by atoms with Crippen LogP contribution in [0.25, 0.3) is 0 Å². The molecule has 1 fully saturated rings. The molecule has 0 amide bonds. The van der Waals surface area contributed by atoms with Crippen molar-refractivity contribution in [2.45, 2.75) is 44.1 Å². The third-order valence-electron chi connectivity index (χ3n) is 3.46. The summed E-state index contributed by atoms with van der Waals surface area (Å²) in [5, 5.41) is 6.14. The molecule has 1 saturated carbocycles. The Balaban J connectivity index is 0.00000133. The summed E-state index contributed by atoms with van der Waals surface area (Å²) in [7, 11) is 0. The van der Waals surface area contributed by atoms with Crippen molar-refractivity contribution in [1.29, 1.82) is 0 Å². The fourth-order valence-corrected chi connectivity index (χ4v) is 3.23. The van der Waals surface area contributed by atoms with Crippen molar-refractivity contribution in [3.05, 3.63) is 34.1 Å². The van der Waals surface area contributed by atoms with Crippen LogP contribution in [0.3, 0.4) is 0 Å². The third kappa shape index (κ3) is 3.55. The first kappa shape index (κ1) is 14.5. The van der Waals surface area contributed by atoms with Crippen molar-refractivity contribution in [1.82, 2.24) is 10.1 Å². The maximum absolute atomic E-state index is 5.99. The predicted octanol–water partition coefficient (Wildman–Crippen LogP) is 3.13. The van der Waals surface area contributed by atoms with E-state index in [0.717, 1.165) is 43.8 Å². The average Bonchev–Trinajstić information content (AvgIpc) is 3.01. The molecule has 0 aliphatic heterocycles. The minimum Gasteiger partial charge on any atom is -0.339 e. The Morgan fingerprint density at radius 3 is 3.05 bits per heavy atom. The summed E-state index contributed by atoms with van der Waals surface area (Å²) >= 11 is 1.72. The van der Waals surface area contributed by atoms with Crippen LogP contribution < -0.4 is 5.73 Å². The molecule has 1 aliphatic rings. The minimum absolute atomic E-state index is 0. The Hall–Kier alpha value is -0.910. The molecule has 0 radical (unpaired) electrons. The topological polar surface area (TPSA) is 64.9 Å². The second-order valence-corrected chi connectivity index (χ2v) is 5.96. The first-order valence-corrected chi connectivity index (χ1v) is 7.29. The Kier molecular flexibility index (Phi) is 4.96. The van der Waals surface area contributed by atoms with Crippen molar-refractivity contribution in [2.24, 2.45) is 5.73 Å². The number of hydrogen-bond acceptors (Lipinski definition) is 5. The normalized spacial score (nSPS) is 23.0. The second kappa shape index (κ2) is 6.50. The van der Waals surface area contributed by atoms with Gasteiger partial charge in [-0.25, -0.2) is 0 Å². The predicted molar refractivity (Wildman–Crippen MR) is 77.9 cm³/mol. The second-order valence-electron chi connectivity index (χ2n) is 4.93. The molecular formula is C13H18ClN3OS. The Morgan fingerprint density at radius 2 is 2.32 bits per heavy atom. The highest BCUT2D eigenvalue weighted by Gasteiger charge is 2.25. The zero-order valence-corrected chi connectivity index (χ0v) is 12.3. The molecule has 0 bridgehead atoms. The number of nitrogens with two attached hydrogens (primary N) is 1. The summed E-state index contributed by atoms with van der Waals surface area (Å²) < 4.78 is 5.39. The Bertz CT molecular complexity index is 500. The van der Waals surface area contributed by atoms with E-state index in [-0.39, 0.29) is 18.4 Å². The van der Waals surface area contributed by atoms with Crippen LogP contribution in [0.5, 0.6) is 0 Å². The number of aromatic nitrogens is 2. The summed E-state index contributed by atoms with van der Waals surface area (Å²) in [6.07, 6.45) is 5.13. The number of halogens is 1. The van der Waals surface area contributed by atoms with Crippen LogP contribution in [-0.4, -0.2) is 16.2 Å². The summed E-state index contributed by atoms with van der Waals surface area (Å²) in [6, 6.07) is 4.43. The van der Waals surface area contributed by atoms with Gasteiger partial charge < -0.3 is 10.3 Å². The maximum Gasteiger partial charge on any atom is 0.229 e. The highest BCUT2D eigenvalue weighted by Crippen LogP contribution is 2.31. The van der Waals surface area contributed by atoms with Crippen LogP contribution in [0.2, 0.25) is 0 Å². The number of thiophene rings is 1. The van der Waals surface area contributed by atoms with Crippen LogP contribution in [-0.2, 0) is 6.42 Å². The van der Waals surface area contributed by atoms with Crippen LogP contribution in [0, 0.1) is 0 Å². The monoisotopic (exact) mass is 299 g/mol. The van der Waals surface area contributed by atoms with Gasteiger partial charge in [0.15, 0.2) is 5.82 Å². The fraction of sp³-hybridized carbons (Fsp3) is 0.538. The highest BCUT2D eigenvalue weighted by molar-refractivity contribution is 7.09. The zero-order chi connectivity index (χ0) is 12.4. The van der Waals surface area contributed by atoms with Crippen molar-refractivity contribution in [3.8, 4) is 0 Å². The van der Waals surface area contributed by atoms with Gasteiger partial charge in [-0.05, 0) is 30.7 Å². The van der Waals surface area contributed by atoms with Crippen molar-refractivity contribution in [2.75, 3.05) is 0 Å². The van der Waals surface area contributed by atoms with E-state index in [2.05, 4.69) is 21.6 Å². The lowest BCUT2D eigenvalue weighted by Crippen LogP contribution is -2.26. The van der Waals surface area contributed by atoms with Gasteiger partial charge in [-0.1, -0.05) is 17.6 Å². The van der Waals surface area contributed by atoms with Crippen LogP contribution >= 0.6 is 23.7 Å². The first-order chi connectivity index (χ1) is 8.81. The van der Waals surface area contributed by atoms with Crippen LogP contribution in [0.1, 0.15) is 48.2 Å². The number of rotatable bonds is 3. The highest BCUT2D eigenvalue weighted by atomic mass is 35.5. The minimum atomic E-state index is 0. The van der Waals surface area contributed by atoms with Gasteiger partial charge in [-0.15, -0.1) is 23.7 Å². The molecule has 1 aliphatic carbocycles. The van der Waals surface area contributed by atoms with E-state index < -0.39 is 0 Å². The van der Waals surface area contributed by atoms with E-state index in [0.29, 0.717) is 5.92 Å². The van der Waals surface area contributed by atoms with Gasteiger partial charge >= 0.3 is 0 Å². The maximum atomic E-state index is 5.99. The van der Waals surface area contributed by atoms with E-state index in [1.165, 1.54) is 4.88 Å². The summed E-state index contributed by atoms with van der Waals surface area (Å²) in [5.41, 5.74) is 5.99. The Morgan fingerprint density at radius 1 is 1.42 bits per heavy atom. The third-order valence-corrected chi connectivity index (χ3v) is 4.34. The molecule has 2 heterocycles. The van der Waals surface area contributed by atoms with Crippen molar-refractivity contribution >= 4 is 23.7 Å². The first-order valence-electron chi connectivity index (χ1n) is 6.41. The van der Waals surface area contributed by atoms with Gasteiger partial charge in [-0.3, -0.25) is 0 Å². The molecule has 2 atom stereocenters. The largest absolute Gasteiger partial charge is 0.339 e. The van der Waals surface area contributed by atoms with Crippen LogP contribution in [0.4, 0.5) is 0 Å². The van der Waals surface area contributed by atoms with Crippen molar-refractivity contribution in [3.63, 3.8) is 0 Å². The Labute approximate surface area is 122 Å². The van der Waals surface area contributed by atoms with E-state index >= 15 is 0 Å². The molecule has 0 spiro atoms. The lowest BCUT2D eigenvalue weighted by molar-refractivity contribution is 0.297. The van der Waals surface area contributed by atoms with Gasteiger partial charge in [0.2, 0.25) is 5.89 Å². The molecule has 6 heteroatoms. The molecule has 19 heavy (non-hydrogen) atoms. The lowest BCUT2D eigenvalue weighted by atomic mass is 9.86. The standard InChI is InChI=1S/C13H17N3OS.ClH/c14-10-4-1-3-9(7-10)13-15-12(16-17-13)8-11-5-2-6-18-11;/h2,5-6,9-10H,1,3-4,7-8,14H2;1H. The van der Waals surface area contributed by atoms with Crippen molar-refractivity contribution < 1.29 is 4.52 Å². The molecule has 2 N–H and O–H groups in total. The SMILES string of the molecule is Cl.NC1CCCC(c2nc(Cc3cccs3)no2)C1. The number of hydrogen-bond donors (Lipinski definition) is 1. The quantitative estimate of drug-likeness (QED) is 0.945. The molecule has 2 unspecified atom stereocenters. The van der Waals surface area contributed by atoms with Gasteiger partial charge in [0, 0.05) is 23.3 Å². The van der Waals surface area contributed by atoms with Gasteiger partial charge in [0.25, 0.3) is 0 Å². The van der Waals surface area contributed by atoms with E-state index in [1.54, 1.807) is 11.3 Å². The van der Waals surface area contributed by atoms with Gasteiger partial charge in [-0.2, -0.15) is 4.98 Å². The molecule has 0 saturated heterocycles. The smallest absolute Gasteiger partial charge is 0.229 e. The molecular weight excluding hydrogens is 282 g/mol. The lowest BCUT2D eigenvalue weighted by Gasteiger charge is -2.23. The van der Waals surface area contributed by atoms with Gasteiger partial charge in [0.1, 0.15) is 0 Å². The fourth-order valence-electron chi connectivity index (χ4n) is 2.53. The summed E-state index contributed by atoms with van der Waals surface area (Å²) in [4.78, 5) is 5.78. The summed E-state index contributed by atoms with van der Waals surface area (Å²) in [5.74, 6) is 1.92. The van der Waals surface area contributed by atoms with Crippen LogP contribution in [0.15, 0.2) is 22.0 Å².